The van der Waals surface area contributed by atoms with Crippen molar-refractivity contribution in [2.45, 2.75) is 19.4 Å². The average molecular weight is 423 g/mol. The zero-order chi connectivity index (χ0) is 22.7. The zero-order valence-electron chi connectivity index (χ0n) is 17.9. The number of rotatable bonds is 8. The van der Waals surface area contributed by atoms with Gasteiger partial charge >= 0.3 is 0 Å². The molecule has 0 aromatic heterocycles. The van der Waals surface area contributed by atoms with E-state index in [1.54, 1.807) is 27.3 Å². The van der Waals surface area contributed by atoms with Crippen LogP contribution in [0.2, 0.25) is 0 Å². The Morgan fingerprint density at radius 3 is 2.29 bits per heavy atom. The van der Waals surface area contributed by atoms with Crippen molar-refractivity contribution in [1.82, 2.24) is 4.90 Å². The number of hydrogen-bond donors (Lipinski definition) is 3. The molecular formula is C23H25N3O5. The lowest BCUT2D eigenvalue weighted by Crippen LogP contribution is -2.37. The van der Waals surface area contributed by atoms with Crippen LogP contribution < -0.4 is 26.2 Å². The Morgan fingerprint density at radius 1 is 1.06 bits per heavy atom. The highest BCUT2D eigenvalue weighted by molar-refractivity contribution is 5.99. The van der Waals surface area contributed by atoms with Gasteiger partial charge in [-0.3, -0.25) is 14.4 Å². The Bertz CT molecular complexity index is 1160. The van der Waals surface area contributed by atoms with E-state index in [0.717, 1.165) is 11.3 Å². The predicted octanol–water partition coefficient (Wildman–Crippen LogP) is 3.01. The Hall–Kier alpha value is -3.81. The number of carbonyl (C=O) groups is 1. The second kappa shape index (κ2) is 8.91. The molecule has 8 nitrogen and oxygen atoms in total. The van der Waals surface area contributed by atoms with E-state index in [2.05, 4.69) is 10.6 Å². The lowest BCUT2D eigenvalue weighted by Gasteiger charge is -2.22. The monoisotopic (exact) mass is 423 g/mol. The number of nitrogens with one attached hydrogen (secondary N) is 2. The van der Waals surface area contributed by atoms with Crippen molar-refractivity contribution < 1.29 is 14.6 Å². The number of methoxy groups -OCH3 is 1. The number of phenols is 1. The molecule has 1 atom stereocenters. The smallest absolute Gasteiger partial charge is 0.257 e. The number of ether oxygens (including phenoxy) is 1. The topological polar surface area (TPSA) is 108 Å². The number of carbonyl (C=O) groups excluding carboxylic acids is 1. The van der Waals surface area contributed by atoms with Gasteiger partial charge in [0.25, 0.3) is 16.8 Å². The average Bonchev–Trinajstić information content (AvgIpc) is 2.79. The molecule has 3 rings (SSSR count). The van der Waals surface area contributed by atoms with Crippen LogP contribution in [0, 0.1) is 0 Å². The lowest BCUT2D eigenvalue weighted by molar-refractivity contribution is 0.0824. The molecule has 0 saturated carbocycles. The summed E-state index contributed by atoms with van der Waals surface area (Å²) in [7, 11) is 4.73. The van der Waals surface area contributed by atoms with Crippen LogP contribution in [0.25, 0.3) is 0 Å². The van der Waals surface area contributed by atoms with Crippen molar-refractivity contribution in [3.63, 3.8) is 0 Å². The van der Waals surface area contributed by atoms with E-state index < -0.39 is 10.9 Å². The van der Waals surface area contributed by atoms with E-state index in [-0.39, 0.29) is 40.3 Å². The highest BCUT2D eigenvalue weighted by atomic mass is 16.5. The second-order valence-corrected chi connectivity index (χ2v) is 7.31. The third-order valence-electron chi connectivity index (χ3n) is 5.09. The fourth-order valence-corrected chi connectivity index (χ4v) is 3.27. The molecule has 3 aromatic carbocycles. The standard InChI is InChI=1S/C23H25N3O5/c1-5-16(13-9-11-14(31-4)12-10-13)24-18-19(22(29)21(18)28)25-17-8-6-7-15(20(17)27)23(30)26(2)3/h6-12,16,24-25,27H,5H2,1-4H3/t16-/m1/s1. The molecule has 162 valence electrons. The first-order valence-corrected chi connectivity index (χ1v) is 9.82. The van der Waals surface area contributed by atoms with Gasteiger partial charge in [0.2, 0.25) is 0 Å². The van der Waals surface area contributed by atoms with Crippen LogP contribution in [0.15, 0.2) is 52.1 Å². The molecule has 0 unspecified atom stereocenters. The van der Waals surface area contributed by atoms with E-state index in [4.69, 9.17) is 4.74 Å². The summed E-state index contributed by atoms with van der Waals surface area (Å²) in [5.41, 5.74) is 0.0837. The number of nitrogens with zero attached hydrogens (tertiary/aromatic N) is 1. The molecule has 3 aromatic rings. The summed E-state index contributed by atoms with van der Waals surface area (Å²) in [4.78, 5) is 38.0. The van der Waals surface area contributed by atoms with E-state index in [9.17, 15) is 19.5 Å². The van der Waals surface area contributed by atoms with Crippen LogP contribution in [0.3, 0.4) is 0 Å². The molecule has 0 aliphatic heterocycles. The lowest BCUT2D eigenvalue weighted by atomic mass is 10.0. The van der Waals surface area contributed by atoms with Gasteiger partial charge in [-0.1, -0.05) is 25.1 Å². The number of anilines is 3. The minimum absolute atomic E-state index is 0.0571. The summed E-state index contributed by atoms with van der Waals surface area (Å²) < 4.78 is 5.17. The summed E-state index contributed by atoms with van der Waals surface area (Å²) in [5.74, 6) is 0.0511. The number of phenolic OH excluding ortho intramolecular Hbond substituents is 1. The van der Waals surface area contributed by atoms with Crippen LogP contribution in [0.5, 0.6) is 11.5 Å². The summed E-state index contributed by atoms with van der Waals surface area (Å²) in [5, 5.41) is 16.5. The number of para-hydroxylation sites is 1. The molecule has 0 bridgehead atoms. The van der Waals surface area contributed by atoms with E-state index in [1.807, 2.05) is 31.2 Å². The first-order chi connectivity index (χ1) is 14.8. The van der Waals surface area contributed by atoms with Crippen molar-refractivity contribution in [2.75, 3.05) is 31.8 Å². The van der Waals surface area contributed by atoms with Gasteiger partial charge in [-0.2, -0.15) is 0 Å². The minimum atomic E-state index is -0.684. The van der Waals surface area contributed by atoms with Crippen LogP contribution >= 0.6 is 0 Å². The highest BCUT2D eigenvalue weighted by Gasteiger charge is 2.25. The van der Waals surface area contributed by atoms with Crippen molar-refractivity contribution in [2.24, 2.45) is 0 Å². The molecule has 0 radical (unpaired) electrons. The molecule has 0 saturated heterocycles. The summed E-state index contributed by atoms with van der Waals surface area (Å²) in [6.45, 7) is 1.96. The first kappa shape index (κ1) is 21.9. The van der Waals surface area contributed by atoms with Gasteiger partial charge in [0.1, 0.15) is 17.1 Å². The quantitative estimate of drug-likeness (QED) is 0.378. The third kappa shape index (κ3) is 4.23. The fraction of sp³-hybridized carbons (Fsp3) is 0.261. The van der Waals surface area contributed by atoms with Crippen LogP contribution in [0.4, 0.5) is 17.1 Å². The Balaban J connectivity index is 1.88. The van der Waals surface area contributed by atoms with Gasteiger partial charge in [-0.05, 0) is 36.2 Å². The normalized spacial score (nSPS) is 11.7. The molecule has 1 amide bonds. The third-order valence-corrected chi connectivity index (χ3v) is 5.09. The van der Waals surface area contributed by atoms with Crippen molar-refractivity contribution in [1.29, 1.82) is 0 Å². The summed E-state index contributed by atoms with van der Waals surface area (Å²) >= 11 is 0. The molecule has 31 heavy (non-hydrogen) atoms. The highest BCUT2D eigenvalue weighted by Crippen LogP contribution is 2.33. The molecule has 8 heteroatoms. The minimum Gasteiger partial charge on any atom is -0.505 e. The molecule has 0 fully saturated rings. The van der Waals surface area contributed by atoms with Crippen LogP contribution in [-0.2, 0) is 0 Å². The van der Waals surface area contributed by atoms with E-state index >= 15 is 0 Å². The Morgan fingerprint density at radius 2 is 1.71 bits per heavy atom. The van der Waals surface area contributed by atoms with E-state index in [0.29, 0.717) is 6.42 Å². The molecular weight excluding hydrogens is 398 g/mol. The number of amides is 1. The maximum absolute atomic E-state index is 12.2. The fourth-order valence-electron chi connectivity index (χ4n) is 3.27. The number of benzene rings is 2. The number of aromatic hydroxyl groups is 1. The maximum Gasteiger partial charge on any atom is 0.257 e. The predicted molar refractivity (Wildman–Crippen MR) is 120 cm³/mol. The maximum atomic E-state index is 12.2. The summed E-state index contributed by atoms with van der Waals surface area (Å²) in [6.07, 6.45) is 0.669. The second-order valence-electron chi connectivity index (χ2n) is 7.31. The molecule has 0 aliphatic carbocycles. The summed E-state index contributed by atoms with van der Waals surface area (Å²) in [6, 6.07) is 11.8. The van der Waals surface area contributed by atoms with Crippen molar-refractivity contribution in [3.05, 3.63) is 74.0 Å². The van der Waals surface area contributed by atoms with E-state index in [1.165, 1.54) is 17.0 Å². The molecule has 0 spiro atoms. The number of hydrogen-bond acceptors (Lipinski definition) is 7. The van der Waals surface area contributed by atoms with Crippen molar-refractivity contribution >= 4 is 23.0 Å². The molecule has 0 heterocycles. The molecule has 3 N–H and O–H groups in total. The van der Waals surface area contributed by atoms with Gasteiger partial charge in [0.05, 0.1) is 24.4 Å². The Kier molecular flexibility index (Phi) is 6.29. The van der Waals surface area contributed by atoms with Crippen molar-refractivity contribution in [3.8, 4) is 11.5 Å². The Labute approximate surface area is 179 Å². The SMILES string of the molecule is CC[C@@H](Nc1c(Nc2cccc(C(=O)N(C)C)c2O)c(=O)c1=O)c1ccc(OC)cc1. The largest absolute Gasteiger partial charge is 0.505 e. The molecule has 0 aliphatic rings. The van der Waals surface area contributed by atoms with Gasteiger partial charge in [-0.15, -0.1) is 0 Å². The van der Waals surface area contributed by atoms with Gasteiger partial charge < -0.3 is 25.4 Å². The zero-order valence-corrected chi connectivity index (χ0v) is 17.9. The van der Waals surface area contributed by atoms with Gasteiger partial charge in [0.15, 0.2) is 5.75 Å². The van der Waals surface area contributed by atoms with Gasteiger partial charge in [0, 0.05) is 14.1 Å². The van der Waals surface area contributed by atoms with Crippen LogP contribution in [-0.4, -0.2) is 37.1 Å². The first-order valence-electron chi connectivity index (χ1n) is 9.82. The van der Waals surface area contributed by atoms with Crippen LogP contribution in [0.1, 0.15) is 35.3 Å². The van der Waals surface area contributed by atoms with Gasteiger partial charge in [-0.25, -0.2) is 0 Å².